The summed E-state index contributed by atoms with van der Waals surface area (Å²) in [6, 6.07) is 0. The molecule has 0 bridgehead atoms. The van der Waals surface area contributed by atoms with Gasteiger partial charge in [0.15, 0.2) is 6.23 Å². The summed E-state index contributed by atoms with van der Waals surface area (Å²) in [5.74, 6) is 2.29. The Bertz CT molecular complexity index is 1090. The Kier molecular flexibility index (Phi) is 9.68. The van der Waals surface area contributed by atoms with Crippen molar-refractivity contribution in [2.24, 2.45) is 46.3 Å². The molecular formula is C35H55NO7. The molecule has 5 rings (SSSR count). The maximum atomic E-state index is 12.6. The van der Waals surface area contributed by atoms with Gasteiger partial charge in [0, 0.05) is 19.3 Å². The number of allylic oxidation sites excluding steroid dienone is 1. The molecule has 4 aliphatic carbocycles. The number of nitrogens with zero attached hydrogens (tertiary/aromatic N) is 1. The zero-order valence-electron chi connectivity index (χ0n) is 27.1. The zero-order chi connectivity index (χ0) is 31.1. The molecule has 8 nitrogen and oxygen atoms in total. The molecule has 0 aromatic rings. The number of ether oxygens (including phenoxy) is 1. The standard InChI is InChI=1S/C35H55NO7/c1-21(2)29(37)11-6-22(3)26-9-10-27-25-8-7-23-20-24(16-18-34(23,4)28(25)17-19-35(26,27)5)42-32(40)14-15-33(41)43-36-30(38)12-13-31(36)39/h7,21-22,24-30,37-38H,6,8-20H2,1-5H3/t22?,24-,25?,26+,27?,28?,29-,30?,34-,35+/m0/s1. The lowest BCUT2D eigenvalue weighted by Gasteiger charge is -2.58. The van der Waals surface area contributed by atoms with Crippen LogP contribution < -0.4 is 0 Å². The van der Waals surface area contributed by atoms with E-state index >= 15 is 0 Å². The van der Waals surface area contributed by atoms with E-state index in [0.29, 0.717) is 28.2 Å². The van der Waals surface area contributed by atoms with Crippen molar-refractivity contribution >= 4 is 17.8 Å². The van der Waals surface area contributed by atoms with Crippen LogP contribution in [-0.2, 0) is 24.0 Å². The monoisotopic (exact) mass is 601 g/mol. The fraction of sp³-hybridized carbons (Fsp3) is 0.857. The molecule has 0 aromatic carbocycles. The highest BCUT2D eigenvalue weighted by molar-refractivity contribution is 5.81. The molecule has 1 heterocycles. The number of carbonyl (C=O) groups excluding carboxylic acids is 3. The van der Waals surface area contributed by atoms with E-state index in [4.69, 9.17) is 9.57 Å². The summed E-state index contributed by atoms with van der Waals surface area (Å²) < 4.78 is 5.83. The topological polar surface area (TPSA) is 113 Å². The van der Waals surface area contributed by atoms with E-state index in [1.165, 1.54) is 31.3 Å². The van der Waals surface area contributed by atoms with Gasteiger partial charge in [-0.15, -0.1) is 5.06 Å². The van der Waals surface area contributed by atoms with Crippen molar-refractivity contribution in [3.8, 4) is 0 Å². The van der Waals surface area contributed by atoms with Crippen LogP contribution in [0.4, 0.5) is 0 Å². The lowest BCUT2D eigenvalue weighted by Crippen LogP contribution is -2.51. The molecule has 4 fully saturated rings. The van der Waals surface area contributed by atoms with E-state index in [-0.39, 0.29) is 43.3 Å². The molecule has 2 N–H and O–H groups in total. The van der Waals surface area contributed by atoms with E-state index < -0.39 is 24.1 Å². The fourth-order valence-electron chi connectivity index (χ4n) is 10.0. The smallest absolute Gasteiger partial charge is 0.333 e. The molecule has 1 saturated heterocycles. The van der Waals surface area contributed by atoms with Crippen LogP contribution in [0.3, 0.4) is 0 Å². The minimum absolute atomic E-state index is 0.106. The number of hydrogen-bond donors (Lipinski definition) is 2. The Balaban J connectivity index is 1.14. The number of fused-ring (bicyclic) bond motifs is 5. The van der Waals surface area contributed by atoms with Crippen LogP contribution in [0.25, 0.3) is 0 Å². The fourth-order valence-corrected chi connectivity index (χ4v) is 10.0. The van der Waals surface area contributed by atoms with Crippen LogP contribution in [0.2, 0.25) is 0 Å². The molecule has 0 radical (unpaired) electrons. The number of aliphatic hydroxyl groups is 2. The molecule has 8 heteroatoms. The van der Waals surface area contributed by atoms with Gasteiger partial charge in [-0.1, -0.05) is 46.3 Å². The van der Waals surface area contributed by atoms with E-state index in [1.54, 1.807) is 0 Å². The number of carbonyl (C=O) groups is 3. The Hall–Kier alpha value is -1.93. The Morgan fingerprint density at radius 3 is 2.44 bits per heavy atom. The predicted octanol–water partition coefficient (Wildman–Crippen LogP) is 6.09. The normalized spacial score (nSPS) is 38.6. The maximum absolute atomic E-state index is 12.6. The van der Waals surface area contributed by atoms with Gasteiger partial charge in [0.2, 0.25) is 0 Å². The molecule has 5 aliphatic rings. The highest BCUT2D eigenvalue weighted by Gasteiger charge is 2.59. The minimum Gasteiger partial charge on any atom is -0.462 e. The number of hydroxylamine groups is 2. The second kappa shape index (κ2) is 12.8. The average molecular weight is 602 g/mol. The van der Waals surface area contributed by atoms with Crippen molar-refractivity contribution in [3.05, 3.63) is 11.6 Å². The molecule has 0 aromatic heterocycles. The Morgan fingerprint density at radius 1 is 1.00 bits per heavy atom. The van der Waals surface area contributed by atoms with Gasteiger partial charge < -0.3 is 19.8 Å². The van der Waals surface area contributed by atoms with Crippen LogP contribution in [0, 0.1) is 46.3 Å². The first-order chi connectivity index (χ1) is 20.3. The second-order valence-electron chi connectivity index (χ2n) is 15.4. The third-order valence-corrected chi connectivity index (χ3v) is 12.7. The molecule has 1 aliphatic heterocycles. The average Bonchev–Trinajstić information content (AvgIpc) is 3.48. The van der Waals surface area contributed by atoms with Gasteiger partial charge in [0.25, 0.3) is 5.91 Å². The maximum Gasteiger partial charge on any atom is 0.333 e. The third-order valence-electron chi connectivity index (χ3n) is 12.7. The molecular weight excluding hydrogens is 546 g/mol. The summed E-state index contributed by atoms with van der Waals surface area (Å²) >= 11 is 0. The molecule has 43 heavy (non-hydrogen) atoms. The summed E-state index contributed by atoms with van der Waals surface area (Å²) in [5, 5.41) is 20.9. The van der Waals surface area contributed by atoms with E-state index in [0.717, 1.165) is 56.3 Å². The van der Waals surface area contributed by atoms with Crippen LogP contribution in [0.5, 0.6) is 0 Å². The molecule has 5 unspecified atom stereocenters. The Labute approximate surface area is 257 Å². The number of amides is 1. The van der Waals surface area contributed by atoms with Gasteiger partial charge in [0.05, 0.1) is 18.9 Å². The second-order valence-corrected chi connectivity index (χ2v) is 15.4. The van der Waals surface area contributed by atoms with Gasteiger partial charge in [-0.2, -0.15) is 0 Å². The van der Waals surface area contributed by atoms with Crippen molar-refractivity contribution in [2.75, 3.05) is 0 Å². The highest BCUT2D eigenvalue weighted by atomic mass is 16.7. The van der Waals surface area contributed by atoms with Gasteiger partial charge in [-0.25, -0.2) is 4.79 Å². The van der Waals surface area contributed by atoms with Gasteiger partial charge in [0.1, 0.15) is 6.10 Å². The molecule has 10 atom stereocenters. The first-order valence-electron chi connectivity index (χ1n) is 17.1. The summed E-state index contributed by atoms with van der Waals surface area (Å²) in [6.45, 7) is 11.7. The number of hydrogen-bond acceptors (Lipinski definition) is 7. The lowest BCUT2D eigenvalue weighted by atomic mass is 9.47. The lowest BCUT2D eigenvalue weighted by molar-refractivity contribution is -0.220. The summed E-state index contributed by atoms with van der Waals surface area (Å²) in [5.41, 5.74) is 2.00. The summed E-state index contributed by atoms with van der Waals surface area (Å²) in [7, 11) is 0. The van der Waals surface area contributed by atoms with Crippen molar-refractivity contribution < 1.29 is 34.2 Å². The highest BCUT2D eigenvalue weighted by Crippen LogP contribution is 2.67. The zero-order valence-corrected chi connectivity index (χ0v) is 27.1. The van der Waals surface area contributed by atoms with Gasteiger partial charge >= 0.3 is 11.9 Å². The molecule has 0 spiro atoms. The summed E-state index contributed by atoms with van der Waals surface area (Å²) in [4.78, 5) is 41.4. The minimum atomic E-state index is -1.12. The van der Waals surface area contributed by atoms with Crippen molar-refractivity contribution in [3.63, 3.8) is 0 Å². The van der Waals surface area contributed by atoms with Crippen molar-refractivity contribution in [1.82, 2.24) is 5.06 Å². The van der Waals surface area contributed by atoms with Crippen LogP contribution in [-0.4, -0.2) is 51.6 Å². The number of rotatable bonds is 10. The van der Waals surface area contributed by atoms with E-state index in [9.17, 15) is 24.6 Å². The molecule has 242 valence electrons. The third kappa shape index (κ3) is 6.43. The number of aliphatic hydroxyl groups excluding tert-OH is 2. The first-order valence-corrected chi connectivity index (χ1v) is 17.1. The first kappa shape index (κ1) is 32.5. The number of esters is 1. The SMILES string of the molecule is CC(CC[C@H](O)C(C)C)[C@H]1CCC2C3CC=C4C[C@@H](OC(=O)CCC(=O)ON5C(=O)CCC5O)CC[C@]4(C)C3CC[C@@]21C. The van der Waals surface area contributed by atoms with E-state index in [1.807, 2.05) is 0 Å². The summed E-state index contributed by atoms with van der Waals surface area (Å²) in [6.07, 6.45) is 12.0. The van der Waals surface area contributed by atoms with Crippen LogP contribution in [0.1, 0.15) is 125 Å². The largest absolute Gasteiger partial charge is 0.462 e. The molecule has 1 amide bonds. The molecule has 3 saturated carbocycles. The van der Waals surface area contributed by atoms with Gasteiger partial charge in [-0.05, 0) is 104 Å². The van der Waals surface area contributed by atoms with Gasteiger partial charge in [-0.3, -0.25) is 9.59 Å². The quantitative estimate of drug-likeness (QED) is 0.230. The predicted molar refractivity (Wildman–Crippen MR) is 162 cm³/mol. The van der Waals surface area contributed by atoms with Crippen LogP contribution >= 0.6 is 0 Å². The van der Waals surface area contributed by atoms with Crippen molar-refractivity contribution in [2.45, 2.75) is 143 Å². The van der Waals surface area contributed by atoms with E-state index in [2.05, 4.69) is 40.7 Å². The van der Waals surface area contributed by atoms with Crippen LogP contribution in [0.15, 0.2) is 11.6 Å². The Morgan fingerprint density at radius 2 is 1.74 bits per heavy atom. The van der Waals surface area contributed by atoms with Crippen molar-refractivity contribution in [1.29, 1.82) is 0 Å².